The Morgan fingerprint density at radius 2 is 1.89 bits per heavy atom. The van der Waals surface area contributed by atoms with Crippen molar-refractivity contribution in [1.82, 2.24) is 5.32 Å². The topological polar surface area (TPSA) is 41.5 Å². The number of alkyl halides is 2. The van der Waals surface area contributed by atoms with Gasteiger partial charge in [-0.05, 0) is 44.9 Å². The van der Waals surface area contributed by atoms with E-state index in [2.05, 4.69) is 5.32 Å². The predicted octanol–water partition coefficient (Wildman–Crippen LogP) is 2.99. The summed E-state index contributed by atoms with van der Waals surface area (Å²) in [4.78, 5) is 16.2. The number of nitrogens with one attached hydrogen (secondary N) is 1. The highest BCUT2D eigenvalue weighted by atomic mass is 35.5. The van der Waals surface area contributed by atoms with Crippen molar-refractivity contribution in [2.24, 2.45) is 4.99 Å². The summed E-state index contributed by atoms with van der Waals surface area (Å²) < 4.78 is 0. The minimum atomic E-state index is -0.979. The first-order valence-corrected chi connectivity index (χ1v) is 7.63. The Balaban J connectivity index is 2.01. The fraction of sp³-hybridized carbons (Fsp3) is 0.846. The Morgan fingerprint density at radius 1 is 1.17 bits per heavy atom. The molecule has 3 aliphatic rings. The Labute approximate surface area is 117 Å². The molecule has 0 aromatic rings. The molecule has 2 saturated carbocycles. The highest BCUT2D eigenvalue weighted by molar-refractivity contribution is 6.52. The second-order valence-electron chi connectivity index (χ2n) is 5.70. The van der Waals surface area contributed by atoms with Crippen molar-refractivity contribution >= 4 is 34.8 Å². The molecule has 3 rings (SSSR count). The van der Waals surface area contributed by atoms with Crippen LogP contribution < -0.4 is 5.32 Å². The Kier molecular flexibility index (Phi) is 3.10. The van der Waals surface area contributed by atoms with Crippen LogP contribution in [0.2, 0.25) is 0 Å². The molecule has 0 unspecified atom stereocenters. The first kappa shape index (κ1) is 12.7. The second kappa shape index (κ2) is 4.38. The second-order valence-corrected chi connectivity index (χ2v) is 6.88. The molecule has 1 spiro atoms. The van der Waals surface area contributed by atoms with Gasteiger partial charge in [0, 0.05) is 0 Å². The molecule has 5 heteroatoms. The molecule has 0 bridgehead atoms. The van der Waals surface area contributed by atoms with Crippen LogP contribution in [0.4, 0.5) is 0 Å². The van der Waals surface area contributed by atoms with Crippen molar-refractivity contribution in [3.63, 3.8) is 0 Å². The average molecular weight is 289 g/mol. The molecule has 100 valence electrons. The minimum Gasteiger partial charge on any atom is -0.330 e. The smallest absolute Gasteiger partial charge is 0.248 e. The molecular formula is C13H18Cl2N2O. The lowest BCUT2D eigenvalue weighted by Gasteiger charge is -2.46. The highest BCUT2D eigenvalue weighted by Crippen LogP contribution is 2.42. The summed E-state index contributed by atoms with van der Waals surface area (Å²) in [5.41, 5.74) is 0.316. The van der Waals surface area contributed by atoms with Gasteiger partial charge in [0.25, 0.3) is 0 Å². The standard InChI is InChI=1S/C13H18Cl2N2O/c14-9-5-4-8-13(15)10(9)16-12(17-11(13)18)6-2-1-3-7-12/h9H,1-8H2,(H,17,18)/t9-,13-/m0/s1. The Bertz CT molecular complexity index is 404. The van der Waals surface area contributed by atoms with Crippen LogP contribution in [-0.4, -0.2) is 27.5 Å². The third-order valence-electron chi connectivity index (χ3n) is 4.40. The number of nitrogens with zero attached hydrogens (tertiary/aromatic N) is 1. The number of aliphatic imine (C=N–C) groups is 1. The molecule has 2 aliphatic carbocycles. The molecule has 1 N–H and O–H groups in total. The fourth-order valence-electron chi connectivity index (χ4n) is 3.37. The van der Waals surface area contributed by atoms with Crippen molar-refractivity contribution < 1.29 is 4.79 Å². The summed E-state index contributed by atoms with van der Waals surface area (Å²) in [7, 11) is 0. The number of amides is 1. The molecule has 0 aromatic heterocycles. The Hall–Kier alpha value is -0.280. The van der Waals surface area contributed by atoms with Crippen LogP contribution in [0.1, 0.15) is 51.4 Å². The van der Waals surface area contributed by atoms with Crippen LogP contribution in [-0.2, 0) is 4.79 Å². The van der Waals surface area contributed by atoms with Crippen molar-refractivity contribution in [3.8, 4) is 0 Å². The highest BCUT2D eigenvalue weighted by Gasteiger charge is 2.53. The molecule has 0 radical (unpaired) electrons. The summed E-state index contributed by atoms with van der Waals surface area (Å²) >= 11 is 12.8. The predicted molar refractivity (Wildman–Crippen MR) is 73.5 cm³/mol. The molecule has 1 amide bonds. The zero-order valence-corrected chi connectivity index (χ0v) is 11.9. The van der Waals surface area contributed by atoms with Crippen LogP contribution in [0, 0.1) is 0 Å². The number of carbonyl (C=O) groups excluding carboxylic acids is 1. The summed E-state index contributed by atoms with van der Waals surface area (Å²) in [6, 6.07) is 0. The van der Waals surface area contributed by atoms with Crippen LogP contribution in [0.15, 0.2) is 4.99 Å². The molecule has 0 aromatic carbocycles. The van der Waals surface area contributed by atoms with E-state index in [-0.39, 0.29) is 11.3 Å². The number of hydrogen-bond donors (Lipinski definition) is 1. The zero-order chi connectivity index (χ0) is 12.8. The lowest BCUT2D eigenvalue weighted by atomic mass is 9.80. The van der Waals surface area contributed by atoms with Gasteiger partial charge in [-0.2, -0.15) is 0 Å². The van der Waals surface area contributed by atoms with Gasteiger partial charge in [-0.1, -0.05) is 6.42 Å². The van der Waals surface area contributed by atoms with Gasteiger partial charge < -0.3 is 5.32 Å². The largest absolute Gasteiger partial charge is 0.330 e. The van der Waals surface area contributed by atoms with Gasteiger partial charge in [0.05, 0.1) is 11.1 Å². The van der Waals surface area contributed by atoms with Gasteiger partial charge in [-0.15, -0.1) is 23.2 Å². The molecule has 18 heavy (non-hydrogen) atoms. The van der Waals surface area contributed by atoms with Crippen LogP contribution in [0.25, 0.3) is 0 Å². The third-order valence-corrected chi connectivity index (χ3v) is 5.38. The van der Waals surface area contributed by atoms with E-state index in [4.69, 9.17) is 28.2 Å². The number of carbonyl (C=O) groups is 1. The van der Waals surface area contributed by atoms with Gasteiger partial charge in [-0.25, -0.2) is 0 Å². The van der Waals surface area contributed by atoms with Crippen molar-refractivity contribution in [2.75, 3.05) is 0 Å². The van der Waals surface area contributed by atoms with Gasteiger partial charge in [0.1, 0.15) is 5.66 Å². The number of hydrogen-bond acceptors (Lipinski definition) is 2. The average Bonchev–Trinajstić information content (AvgIpc) is 2.34. The molecule has 3 nitrogen and oxygen atoms in total. The summed E-state index contributed by atoms with van der Waals surface area (Å²) in [6.07, 6.45) is 7.68. The fourth-order valence-corrected chi connectivity index (χ4v) is 4.17. The minimum absolute atomic E-state index is 0.0820. The van der Waals surface area contributed by atoms with Gasteiger partial charge in [0.15, 0.2) is 4.87 Å². The summed E-state index contributed by atoms with van der Waals surface area (Å²) in [5.74, 6) is -0.0820. The summed E-state index contributed by atoms with van der Waals surface area (Å²) in [6.45, 7) is 0. The molecule has 2 fully saturated rings. The Morgan fingerprint density at radius 3 is 2.61 bits per heavy atom. The number of halogens is 2. The van der Waals surface area contributed by atoms with E-state index in [1.807, 2.05) is 0 Å². The van der Waals surface area contributed by atoms with E-state index < -0.39 is 10.5 Å². The quantitative estimate of drug-likeness (QED) is 0.684. The van der Waals surface area contributed by atoms with Gasteiger partial charge >= 0.3 is 0 Å². The van der Waals surface area contributed by atoms with E-state index in [1.54, 1.807) is 0 Å². The van der Waals surface area contributed by atoms with Gasteiger partial charge in [-0.3, -0.25) is 9.79 Å². The van der Waals surface area contributed by atoms with Crippen LogP contribution in [0.5, 0.6) is 0 Å². The van der Waals surface area contributed by atoms with Crippen molar-refractivity contribution in [3.05, 3.63) is 0 Å². The molecule has 2 atom stereocenters. The maximum Gasteiger partial charge on any atom is 0.248 e. The normalized spacial score (nSPS) is 38.9. The number of rotatable bonds is 0. The van der Waals surface area contributed by atoms with E-state index in [9.17, 15) is 4.79 Å². The van der Waals surface area contributed by atoms with Crippen LogP contribution >= 0.6 is 23.2 Å². The number of fused-ring (bicyclic) bond motifs is 1. The molecule has 1 heterocycles. The SMILES string of the molecule is O=C1NC2(CCCCC2)N=C2[C@@H](Cl)CCC[C@@]12Cl. The molecule has 0 saturated heterocycles. The lowest BCUT2D eigenvalue weighted by Crippen LogP contribution is -2.64. The lowest BCUT2D eigenvalue weighted by molar-refractivity contribution is -0.125. The van der Waals surface area contributed by atoms with Crippen LogP contribution in [0.3, 0.4) is 0 Å². The third kappa shape index (κ3) is 1.87. The first-order valence-electron chi connectivity index (χ1n) is 6.82. The monoisotopic (exact) mass is 288 g/mol. The van der Waals surface area contributed by atoms with E-state index >= 15 is 0 Å². The van der Waals surface area contributed by atoms with E-state index in [0.717, 1.165) is 44.2 Å². The van der Waals surface area contributed by atoms with Crippen molar-refractivity contribution in [1.29, 1.82) is 0 Å². The summed E-state index contributed by atoms with van der Waals surface area (Å²) in [5, 5.41) is 2.90. The van der Waals surface area contributed by atoms with E-state index in [1.165, 1.54) is 6.42 Å². The zero-order valence-electron chi connectivity index (χ0n) is 10.3. The van der Waals surface area contributed by atoms with Gasteiger partial charge in [0.2, 0.25) is 5.91 Å². The first-order chi connectivity index (χ1) is 8.56. The maximum absolute atomic E-state index is 12.4. The molecule has 1 aliphatic heterocycles. The van der Waals surface area contributed by atoms with Crippen molar-refractivity contribution in [2.45, 2.75) is 67.3 Å². The van der Waals surface area contributed by atoms with E-state index in [0.29, 0.717) is 6.42 Å². The maximum atomic E-state index is 12.4. The molecular weight excluding hydrogens is 271 g/mol.